The number of anilines is 1. The van der Waals surface area contributed by atoms with Crippen molar-refractivity contribution < 1.29 is 0 Å². The number of nitrogens with zero attached hydrogens (tertiary/aromatic N) is 1. The lowest BCUT2D eigenvalue weighted by molar-refractivity contribution is 0.583. The molecule has 1 aromatic rings. The zero-order valence-electron chi connectivity index (χ0n) is 13.3. The fraction of sp³-hybridized carbons (Fsp3) is 0.667. The molecule has 0 bridgehead atoms. The zero-order valence-corrected chi connectivity index (χ0v) is 13.3. The first-order valence-corrected chi connectivity index (χ1v) is 8.36. The van der Waals surface area contributed by atoms with Gasteiger partial charge in [0.1, 0.15) is 0 Å². The summed E-state index contributed by atoms with van der Waals surface area (Å²) >= 11 is 0. The van der Waals surface area contributed by atoms with Crippen LogP contribution in [0.5, 0.6) is 0 Å². The maximum Gasteiger partial charge on any atom is 0.0398 e. The van der Waals surface area contributed by atoms with Crippen LogP contribution in [0.15, 0.2) is 18.2 Å². The van der Waals surface area contributed by atoms with Gasteiger partial charge in [-0.2, -0.15) is 0 Å². The van der Waals surface area contributed by atoms with E-state index >= 15 is 0 Å². The molecule has 0 unspecified atom stereocenters. The van der Waals surface area contributed by atoms with E-state index in [0.29, 0.717) is 0 Å². The predicted octanol–water partition coefficient (Wildman–Crippen LogP) is 3.92. The molecule has 0 spiro atoms. The third-order valence-corrected chi connectivity index (χ3v) is 4.23. The number of unbranched alkanes of at least 4 members (excludes halogenated alkanes) is 3. The van der Waals surface area contributed by atoms with Gasteiger partial charge in [0, 0.05) is 18.8 Å². The fourth-order valence-electron chi connectivity index (χ4n) is 3.12. The Morgan fingerprint density at radius 3 is 2.85 bits per heavy atom. The van der Waals surface area contributed by atoms with E-state index in [1.807, 2.05) is 0 Å². The first-order chi connectivity index (χ1) is 9.81. The van der Waals surface area contributed by atoms with Gasteiger partial charge in [0.2, 0.25) is 0 Å². The van der Waals surface area contributed by atoms with Gasteiger partial charge < -0.3 is 10.2 Å². The van der Waals surface area contributed by atoms with E-state index < -0.39 is 0 Å². The van der Waals surface area contributed by atoms with Gasteiger partial charge >= 0.3 is 0 Å². The molecule has 1 aromatic carbocycles. The van der Waals surface area contributed by atoms with Crippen LogP contribution >= 0.6 is 0 Å². The van der Waals surface area contributed by atoms with Crippen LogP contribution in [0, 0.1) is 6.92 Å². The Labute approximate surface area is 124 Å². The molecule has 0 saturated carbocycles. The highest BCUT2D eigenvalue weighted by Gasteiger charge is 2.15. The molecule has 1 heterocycles. The Hall–Kier alpha value is -1.02. The minimum Gasteiger partial charge on any atom is -0.371 e. The monoisotopic (exact) mass is 274 g/mol. The normalized spacial score (nSPS) is 14.4. The highest BCUT2D eigenvalue weighted by Crippen LogP contribution is 2.28. The van der Waals surface area contributed by atoms with Crippen LogP contribution in [0.1, 0.15) is 50.2 Å². The van der Waals surface area contributed by atoms with Crippen molar-refractivity contribution in [2.24, 2.45) is 0 Å². The summed E-state index contributed by atoms with van der Waals surface area (Å²) in [7, 11) is 0. The lowest BCUT2D eigenvalue weighted by Crippen LogP contribution is -2.30. The quantitative estimate of drug-likeness (QED) is 0.723. The maximum absolute atomic E-state index is 3.40. The molecule has 0 amide bonds. The molecule has 1 aliphatic rings. The highest BCUT2D eigenvalue weighted by molar-refractivity contribution is 5.56. The second-order valence-electron chi connectivity index (χ2n) is 5.99. The van der Waals surface area contributed by atoms with Gasteiger partial charge in [0.05, 0.1) is 0 Å². The maximum atomic E-state index is 3.40. The van der Waals surface area contributed by atoms with E-state index in [4.69, 9.17) is 0 Å². The van der Waals surface area contributed by atoms with E-state index in [1.54, 1.807) is 5.56 Å². The van der Waals surface area contributed by atoms with Gasteiger partial charge in [-0.15, -0.1) is 0 Å². The molecule has 0 aliphatic carbocycles. The molecule has 2 rings (SSSR count). The van der Waals surface area contributed by atoms with Gasteiger partial charge in [0.25, 0.3) is 0 Å². The fourth-order valence-corrected chi connectivity index (χ4v) is 3.12. The molecule has 1 aliphatic heterocycles. The summed E-state index contributed by atoms with van der Waals surface area (Å²) in [5, 5.41) is 3.40. The smallest absolute Gasteiger partial charge is 0.0398 e. The van der Waals surface area contributed by atoms with Gasteiger partial charge in [-0.1, -0.05) is 37.5 Å². The number of hydrogen-bond acceptors (Lipinski definition) is 2. The van der Waals surface area contributed by atoms with Crippen LogP contribution < -0.4 is 10.2 Å². The molecule has 0 radical (unpaired) electrons. The number of fused-ring (bicyclic) bond motifs is 1. The van der Waals surface area contributed by atoms with Gasteiger partial charge in [0.15, 0.2) is 0 Å². The number of aryl methyl sites for hydroxylation is 2. The second-order valence-corrected chi connectivity index (χ2v) is 5.99. The lowest BCUT2D eigenvalue weighted by Gasteiger charge is -2.31. The van der Waals surface area contributed by atoms with Crippen LogP contribution in [0.25, 0.3) is 0 Å². The third-order valence-electron chi connectivity index (χ3n) is 4.23. The van der Waals surface area contributed by atoms with Crippen LogP contribution in [-0.2, 0) is 6.42 Å². The Balaban J connectivity index is 1.72. The largest absolute Gasteiger partial charge is 0.371 e. The number of hydrogen-bond donors (Lipinski definition) is 1. The van der Waals surface area contributed by atoms with E-state index in [-0.39, 0.29) is 0 Å². The minimum absolute atomic E-state index is 1.10. The highest BCUT2D eigenvalue weighted by atomic mass is 15.1. The SMILES string of the molecule is CCNCCCCCCN1CCCc2cc(C)ccc21. The van der Waals surface area contributed by atoms with Crippen molar-refractivity contribution in [3.8, 4) is 0 Å². The summed E-state index contributed by atoms with van der Waals surface area (Å²) in [6.07, 6.45) is 7.96. The average molecular weight is 274 g/mol. The molecular formula is C18H30N2. The summed E-state index contributed by atoms with van der Waals surface area (Å²) in [6.45, 7) is 9.14. The predicted molar refractivity (Wildman–Crippen MR) is 88.7 cm³/mol. The Kier molecular flexibility index (Phi) is 6.38. The zero-order chi connectivity index (χ0) is 14.2. The van der Waals surface area contributed by atoms with Gasteiger partial charge in [-0.3, -0.25) is 0 Å². The van der Waals surface area contributed by atoms with Crippen molar-refractivity contribution in [2.45, 2.75) is 52.4 Å². The van der Waals surface area contributed by atoms with E-state index in [1.165, 1.54) is 69.4 Å². The van der Waals surface area contributed by atoms with Crippen molar-refractivity contribution in [1.29, 1.82) is 0 Å². The van der Waals surface area contributed by atoms with Crippen molar-refractivity contribution >= 4 is 5.69 Å². The van der Waals surface area contributed by atoms with E-state index in [9.17, 15) is 0 Å². The molecule has 0 aromatic heterocycles. The van der Waals surface area contributed by atoms with Gasteiger partial charge in [-0.25, -0.2) is 0 Å². The van der Waals surface area contributed by atoms with Crippen LogP contribution in [-0.4, -0.2) is 26.2 Å². The summed E-state index contributed by atoms with van der Waals surface area (Å²) in [4.78, 5) is 2.60. The lowest BCUT2D eigenvalue weighted by atomic mass is 9.99. The standard InChI is InChI=1S/C18H30N2/c1-3-19-12-6-4-5-7-13-20-14-8-9-17-15-16(2)10-11-18(17)20/h10-11,15,19H,3-9,12-14H2,1-2H3. The molecule has 2 heteroatoms. The Bertz CT molecular complexity index is 400. The molecule has 20 heavy (non-hydrogen) atoms. The summed E-state index contributed by atoms with van der Waals surface area (Å²) in [5.41, 5.74) is 4.45. The number of nitrogens with one attached hydrogen (secondary N) is 1. The molecular weight excluding hydrogens is 244 g/mol. The topological polar surface area (TPSA) is 15.3 Å². The molecule has 0 fully saturated rings. The van der Waals surface area contributed by atoms with Crippen LogP contribution in [0.4, 0.5) is 5.69 Å². The molecule has 112 valence electrons. The number of benzene rings is 1. The molecule has 1 N–H and O–H groups in total. The van der Waals surface area contributed by atoms with E-state index in [0.717, 1.165) is 6.54 Å². The summed E-state index contributed by atoms with van der Waals surface area (Å²) < 4.78 is 0. The first kappa shape index (κ1) is 15.4. The van der Waals surface area contributed by atoms with Crippen LogP contribution in [0.3, 0.4) is 0 Å². The molecule has 0 saturated heterocycles. The summed E-state index contributed by atoms with van der Waals surface area (Å²) in [6, 6.07) is 6.96. The van der Waals surface area contributed by atoms with Gasteiger partial charge in [-0.05, 0) is 57.3 Å². The Morgan fingerprint density at radius 2 is 2.00 bits per heavy atom. The first-order valence-electron chi connectivity index (χ1n) is 8.36. The van der Waals surface area contributed by atoms with Crippen molar-refractivity contribution in [3.05, 3.63) is 29.3 Å². The molecule has 2 nitrogen and oxygen atoms in total. The van der Waals surface area contributed by atoms with Crippen LogP contribution in [0.2, 0.25) is 0 Å². The van der Waals surface area contributed by atoms with Crippen molar-refractivity contribution in [2.75, 3.05) is 31.1 Å². The Morgan fingerprint density at radius 1 is 1.15 bits per heavy atom. The molecule has 0 atom stereocenters. The summed E-state index contributed by atoms with van der Waals surface area (Å²) in [5.74, 6) is 0. The second kappa shape index (κ2) is 8.31. The van der Waals surface area contributed by atoms with Crippen molar-refractivity contribution in [1.82, 2.24) is 5.32 Å². The third kappa shape index (κ3) is 4.52. The van der Waals surface area contributed by atoms with E-state index in [2.05, 4.69) is 42.3 Å². The van der Waals surface area contributed by atoms with Crippen molar-refractivity contribution in [3.63, 3.8) is 0 Å². The number of rotatable bonds is 8. The minimum atomic E-state index is 1.10. The average Bonchev–Trinajstić information content (AvgIpc) is 2.46.